The van der Waals surface area contributed by atoms with Gasteiger partial charge in [0, 0.05) is 26.2 Å². The lowest BCUT2D eigenvalue weighted by molar-refractivity contribution is 0.192. The Morgan fingerprint density at radius 2 is 1.72 bits per heavy atom. The van der Waals surface area contributed by atoms with Crippen LogP contribution in [0.5, 0.6) is 0 Å². The molecule has 4 amide bonds. The van der Waals surface area contributed by atoms with Gasteiger partial charge in [-0.05, 0) is 57.4 Å². The zero-order chi connectivity index (χ0) is 21.0. The number of hydrogen-bond acceptors (Lipinski definition) is 2. The Balaban J connectivity index is 1.83. The van der Waals surface area contributed by atoms with Crippen molar-refractivity contribution in [1.29, 1.82) is 0 Å². The zero-order valence-electron chi connectivity index (χ0n) is 17.7. The Morgan fingerprint density at radius 3 is 2.41 bits per heavy atom. The van der Waals surface area contributed by atoms with Crippen LogP contribution in [0.2, 0.25) is 0 Å². The topological polar surface area (TPSA) is 64.7 Å². The Hall–Kier alpha value is -3.02. The normalized spacial score (nSPS) is 14.1. The lowest BCUT2D eigenvalue weighted by atomic mass is 10.1. The van der Waals surface area contributed by atoms with Gasteiger partial charge in [0.05, 0.1) is 11.4 Å². The number of benzene rings is 2. The summed E-state index contributed by atoms with van der Waals surface area (Å²) in [5.74, 6) is 0. The molecular formula is C23H30N4O2. The standard InChI is InChI=1S/C23H30N4O2/c1-5-24-22(28)25-20-14-16(2)7-8-21(20)27-10-6-9-26(23(27)29)15-19-12-17(3)11-18(4)13-19/h7-8,11-14H,5-6,9-10,15H2,1-4H3,(H2,24,25,28). The molecule has 0 aliphatic carbocycles. The maximum absolute atomic E-state index is 13.3. The van der Waals surface area contributed by atoms with Crippen LogP contribution < -0.4 is 15.5 Å². The maximum atomic E-state index is 13.3. The van der Waals surface area contributed by atoms with E-state index in [2.05, 4.69) is 42.7 Å². The molecule has 2 aromatic rings. The fraction of sp³-hybridized carbons (Fsp3) is 0.391. The van der Waals surface area contributed by atoms with Crippen molar-refractivity contribution in [2.75, 3.05) is 29.9 Å². The van der Waals surface area contributed by atoms with E-state index in [0.29, 0.717) is 25.3 Å². The number of urea groups is 2. The molecule has 0 aromatic heterocycles. The third-order valence-corrected chi connectivity index (χ3v) is 4.99. The first kappa shape index (κ1) is 20.7. The minimum atomic E-state index is -0.268. The third-order valence-electron chi connectivity index (χ3n) is 4.99. The van der Waals surface area contributed by atoms with Crippen LogP contribution in [-0.4, -0.2) is 36.6 Å². The van der Waals surface area contributed by atoms with Crippen molar-refractivity contribution in [3.05, 3.63) is 58.7 Å². The lowest BCUT2D eigenvalue weighted by Gasteiger charge is -2.36. The molecule has 1 fully saturated rings. The largest absolute Gasteiger partial charge is 0.338 e. The molecule has 6 heteroatoms. The molecule has 0 spiro atoms. The molecule has 1 aliphatic heterocycles. The predicted molar refractivity (Wildman–Crippen MR) is 118 cm³/mol. The highest BCUT2D eigenvalue weighted by Gasteiger charge is 2.28. The van der Waals surface area contributed by atoms with Gasteiger partial charge in [-0.15, -0.1) is 0 Å². The minimum Gasteiger partial charge on any atom is -0.338 e. The van der Waals surface area contributed by atoms with Crippen LogP contribution in [0, 0.1) is 20.8 Å². The Kier molecular flexibility index (Phi) is 6.42. The first-order chi connectivity index (χ1) is 13.9. The number of hydrogen-bond donors (Lipinski definition) is 2. The summed E-state index contributed by atoms with van der Waals surface area (Å²) in [5.41, 5.74) is 5.95. The van der Waals surface area contributed by atoms with Crippen LogP contribution in [-0.2, 0) is 6.54 Å². The summed E-state index contributed by atoms with van der Waals surface area (Å²) in [6.45, 7) is 10.5. The molecule has 2 aromatic carbocycles. The number of nitrogens with zero attached hydrogens (tertiary/aromatic N) is 2. The Labute approximate surface area is 172 Å². The third kappa shape index (κ3) is 5.08. The number of nitrogens with one attached hydrogen (secondary N) is 2. The Morgan fingerprint density at radius 1 is 1.00 bits per heavy atom. The minimum absolute atomic E-state index is 0.0294. The van der Waals surface area contributed by atoms with Gasteiger partial charge >= 0.3 is 12.1 Å². The Bertz CT molecular complexity index is 889. The van der Waals surface area contributed by atoms with Crippen LogP contribution in [0.4, 0.5) is 21.0 Å². The number of rotatable bonds is 5. The second kappa shape index (κ2) is 8.99. The van der Waals surface area contributed by atoms with Crippen LogP contribution in [0.3, 0.4) is 0 Å². The molecule has 0 atom stereocenters. The molecule has 29 heavy (non-hydrogen) atoms. The molecule has 2 N–H and O–H groups in total. The van der Waals surface area contributed by atoms with Crippen molar-refractivity contribution < 1.29 is 9.59 Å². The number of aryl methyl sites for hydroxylation is 3. The highest BCUT2D eigenvalue weighted by molar-refractivity contribution is 6.00. The summed E-state index contributed by atoms with van der Waals surface area (Å²) in [5, 5.41) is 5.63. The summed E-state index contributed by atoms with van der Waals surface area (Å²) in [6.07, 6.45) is 0.880. The molecule has 0 saturated carbocycles. The highest BCUT2D eigenvalue weighted by Crippen LogP contribution is 2.30. The number of amides is 4. The van der Waals surface area contributed by atoms with Gasteiger partial charge in [-0.3, -0.25) is 4.90 Å². The van der Waals surface area contributed by atoms with Crippen LogP contribution in [0.15, 0.2) is 36.4 Å². The molecule has 154 valence electrons. The fourth-order valence-electron chi connectivity index (χ4n) is 3.84. The SMILES string of the molecule is CCNC(=O)Nc1cc(C)ccc1N1CCCN(Cc2cc(C)cc(C)c2)C1=O. The maximum Gasteiger partial charge on any atom is 0.324 e. The molecule has 6 nitrogen and oxygen atoms in total. The molecule has 0 radical (unpaired) electrons. The van der Waals surface area contributed by atoms with Crippen LogP contribution in [0.1, 0.15) is 35.6 Å². The van der Waals surface area contributed by atoms with Gasteiger partial charge in [-0.2, -0.15) is 0 Å². The second-order valence-corrected chi connectivity index (χ2v) is 7.71. The number of carbonyl (C=O) groups excluding carboxylic acids is 2. The molecule has 1 saturated heterocycles. The average Bonchev–Trinajstić information content (AvgIpc) is 2.63. The molecule has 0 bridgehead atoms. The van der Waals surface area contributed by atoms with Gasteiger partial charge in [-0.1, -0.05) is 35.4 Å². The number of carbonyl (C=O) groups is 2. The van der Waals surface area contributed by atoms with Crippen LogP contribution in [0.25, 0.3) is 0 Å². The van der Waals surface area contributed by atoms with E-state index in [1.165, 1.54) is 11.1 Å². The van der Waals surface area contributed by atoms with Gasteiger partial charge in [0.15, 0.2) is 0 Å². The van der Waals surface area contributed by atoms with E-state index < -0.39 is 0 Å². The molecular weight excluding hydrogens is 364 g/mol. The second-order valence-electron chi connectivity index (χ2n) is 7.71. The van der Waals surface area contributed by atoms with Crippen molar-refractivity contribution >= 4 is 23.4 Å². The molecule has 1 aliphatic rings. The van der Waals surface area contributed by atoms with Gasteiger partial charge in [0.2, 0.25) is 0 Å². The first-order valence-electron chi connectivity index (χ1n) is 10.2. The summed E-state index contributed by atoms with van der Waals surface area (Å²) < 4.78 is 0. The smallest absolute Gasteiger partial charge is 0.324 e. The molecule has 3 rings (SSSR count). The number of anilines is 2. The zero-order valence-corrected chi connectivity index (χ0v) is 17.7. The van der Waals surface area contributed by atoms with Crippen LogP contribution >= 0.6 is 0 Å². The van der Waals surface area contributed by atoms with Gasteiger partial charge in [0.1, 0.15) is 0 Å². The van der Waals surface area contributed by atoms with Gasteiger partial charge < -0.3 is 15.5 Å². The molecule has 1 heterocycles. The van der Waals surface area contributed by atoms with E-state index in [1.54, 1.807) is 4.90 Å². The monoisotopic (exact) mass is 394 g/mol. The van der Waals surface area contributed by atoms with Crippen molar-refractivity contribution in [1.82, 2.24) is 10.2 Å². The van der Waals surface area contributed by atoms with E-state index in [-0.39, 0.29) is 12.1 Å². The van der Waals surface area contributed by atoms with Crippen molar-refractivity contribution in [3.63, 3.8) is 0 Å². The van der Waals surface area contributed by atoms with E-state index in [4.69, 9.17) is 0 Å². The highest BCUT2D eigenvalue weighted by atomic mass is 16.2. The van der Waals surface area contributed by atoms with E-state index in [1.807, 2.05) is 36.9 Å². The quantitative estimate of drug-likeness (QED) is 0.779. The fourth-order valence-corrected chi connectivity index (χ4v) is 3.84. The molecule has 0 unspecified atom stereocenters. The van der Waals surface area contributed by atoms with E-state index in [0.717, 1.165) is 29.8 Å². The average molecular weight is 395 g/mol. The van der Waals surface area contributed by atoms with Gasteiger partial charge in [0.25, 0.3) is 0 Å². The van der Waals surface area contributed by atoms with E-state index in [9.17, 15) is 9.59 Å². The summed E-state index contributed by atoms with van der Waals surface area (Å²) >= 11 is 0. The van der Waals surface area contributed by atoms with Crippen molar-refractivity contribution in [2.24, 2.45) is 0 Å². The van der Waals surface area contributed by atoms with Gasteiger partial charge in [-0.25, -0.2) is 9.59 Å². The lowest BCUT2D eigenvalue weighted by Crippen LogP contribution is -2.49. The van der Waals surface area contributed by atoms with Crippen molar-refractivity contribution in [2.45, 2.75) is 40.7 Å². The first-order valence-corrected chi connectivity index (χ1v) is 10.2. The summed E-state index contributed by atoms with van der Waals surface area (Å²) in [4.78, 5) is 29.0. The van der Waals surface area contributed by atoms with E-state index >= 15 is 0 Å². The van der Waals surface area contributed by atoms with Crippen molar-refractivity contribution in [3.8, 4) is 0 Å². The predicted octanol–water partition coefficient (Wildman–Crippen LogP) is 4.59. The summed E-state index contributed by atoms with van der Waals surface area (Å²) in [6, 6.07) is 11.9. The summed E-state index contributed by atoms with van der Waals surface area (Å²) in [7, 11) is 0.